The van der Waals surface area contributed by atoms with Crippen LogP contribution < -0.4 is 4.90 Å². The minimum Gasteiger partial charge on any atom is -0.455 e. The van der Waals surface area contributed by atoms with E-state index in [0.717, 1.165) is 55.7 Å². The Hall–Kier alpha value is -7.16. The molecule has 254 valence electrons. The van der Waals surface area contributed by atoms with Crippen LogP contribution in [0.15, 0.2) is 217 Å². The molecule has 2 nitrogen and oxygen atoms in total. The van der Waals surface area contributed by atoms with Gasteiger partial charge in [-0.3, -0.25) is 0 Å². The lowest BCUT2D eigenvalue weighted by Gasteiger charge is -2.27. The van der Waals surface area contributed by atoms with E-state index in [2.05, 4.69) is 211 Å². The Morgan fingerprint density at radius 1 is 0.333 bits per heavy atom. The van der Waals surface area contributed by atoms with Gasteiger partial charge in [-0.15, -0.1) is 0 Å². The second-order valence-electron chi connectivity index (χ2n) is 13.7. The molecule has 54 heavy (non-hydrogen) atoms. The Bertz CT molecular complexity index is 2920. The van der Waals surface area contributed by atoms with Crippen LogP contribution in [-0.4, -0.2) is 0 Å². The summed E-state index contributed by atoms with van der Waals surface area (Å²) < 4.78 is 6.73. The van der Waals surface area contributed by atoms with Gasteiger partial charge in [-0.25, -0.2) is 0 Å². The molecule has 0 amide bonds. The van der Waals surface area contributed by atoms with Gasteiger partial charge in [0.25, 0.3) is 0 Å². The molecule has 0 saturated carbocycles. The van der Waals surface area contributed by atoms with E-state index in [1.54, 1.807) is 0 Å². The molecule has 0 atom stereocenters. The quantitative estimate of drug-likeness (QED) is 0.166. The molecule has 0 fully saturated rings. The Balaban J connectivity index is 1.16. The summed E-state index contributed by atoms with van der Waals surface area (Å²) in [6.07, 6.45) is 0. The van der Waals surface area contributed by atoms with Crippen LogP contribution in [0.2, 0.25) is 0 Å². The molecule has 0 spiro atoms. The third-order valence-corrected chi connectivity index (χ3v) is 10.4. The lowest BCUT2D eigenvalue weighted by Crippen LogP contribution is -2.10. The zero-order valence-electron chi connectivity index (χ0n) is 29.6. The highest BCUT2D eigenvalue weighted by molar-refractivity contribution is 6.17. The van der Waals surface area contributed by atoms with Crippen molar-refractivity contribution in [1.82, 2.24) is 0 Å². The lowest BCUT2D eigenvalue weighted by molar-refractivity contribution is 0.670. The molecule has 0 radical (unpaired) electrons. The van der Waals surface area contributed by atoms with Crippen LogP contribution in [0.5, 0.6) is 0 Å². The summed E-state index contributed by atoms with van der Waals surface area (Å²) in [4.78, 5) is 2.38. The first kappa shape index (κ1) is 31.6. The van der Waals surface area contributed by atoms with E-state index in [1.807, 2.05) is 6.07 Å². The summed E-state index contributed by atoms with van der Waals surface area (Å²) in [5.74, 6) is 0. The van der Waals surface area contributed by atoms with E-state index in [0.29, 0.717) is 0 Å². The molecule has 1 aromatic heterocycles. The fraction of sp³-hybridized carbons (Fsp3) is 0. The van der Waals surface area contributed by atoms with Crippen LogP contribution in [0, 0.1) is 0 Å². The molecule has 0 aliphatic heterocycles. The van der Waals surface area contributed by atoms with Crippen molar-refractivity contribution >= 4 is 49.8 Å². The minimum atomic E-state index is 0.871. The molecule has 0 aliphatic carbocycles. The Labute approximate surface area is 314 Å². The Kier molecular flexibility index (Phi) is 7.85. The predicted octanol–water partition coefficient (Wildman–Crippen LogP) is 14.9. The molecule has 0 unspecified atom stereocenters. The molecule has 0 aliphatic rings. The summed E-state index contributed by atoms with van der Waals surface area (Å²) in [5.41, 5.74) is 14.2. The molecule has 9 aromatic carbocycles. The zero-order valence-corrected chi connectivity index (χ0v) is 29.6. The van der Waals surface area contributed by atoms with E-state index in [4.69, 9.17) is 4.42 Å². The summed E-state index contributed by atoms with van der Waals surface area (Å²) in [6.45, 7) is 0. The summed E-state index contributed by atoms with van der Waals surface area (Å²) in [5, 5.41) is 4.64. The lowest BCUT2D eigenvalue weighted by atomic mass is 9.97. The standard InChI is InChI=1S/C52H35NO/c1-3-13-36(14-4-1)41-19-11-20-42(33-41)38-27-29-45(30-28-38)53(46-22-12-21-43(35-46)44-26-25-37-15-7-8-18-40(37)34-44)49-32-31-47(39-16-5-2-6-17-39)52-51(49)48-23-9-10-24-50(48)54-52/h1-35H. The molecule has 1 heterocycles. The van der Waals surface area contributed by atoms with Gasteiger partial charge >= 0.3 is 0 Å². The van der Waals surface area contributed by atoms with Gasteiger partial charge in [0.05, 0.1) is 11.1 Å². The fourth-order valence-corrected chi connectivity index (χ4v) is 7.77. The van der Waals surface area contributed by atoms with E-state index in [1.165, 1.54) is 38.6 Å². The van der Waals surface area contributed by atoms with Crippen molar-refractivity contribution in [2.75, 3.05) is 4.90 Å². The molecule has 0 N–H and O–H groups in total. The number of furan rings is 1. The van der Waals surface area contributed by atoms with E-state index < -0.39 is 0 Å². The number of fused-ring (bicyclic) bond motifs is 4. The average molecular weight is 690 g/mol. The van der Waals surface area contributed by atoms with Crippen LogP contribution >= 0.6 is 0 Å². The van der Waals surface area contributed by atoms with Crippen molar-refractivity contribution in [2.24, 2.45) is 0 Å². The number of rotatable bonds is 7. The maximum Gasteiger partial charge on any atom is 0.145 e. The van der Waals surface area contributed by atoms with Gasteiger partial charge in [-0.1, -0.05) is 158 Å². The van der Waals surface area contributed by atoms with Gasteiger partial charge in [-0.05, 0) is 104 Å². The van der Waals surface area contributed by atoms with Crippen molar-refractivity contribution in [3.05, 3.63) is 212 Å². The summed E-state index contributed by atoms with van der Waals surface area (Å²) >= 11 is 0. The van der Waals surface area contributed by atoms with E-state index in [9.17, 15) is 0 Å². The molecule has 10 aromatic rings. The topological polar surface area (TPSA) is 16.4 Å². The van der Waals surface area contributed by atoms with Crippen molar-refractivity contribution in [1.29, 1.82) is 0 Å². The first-order chi connectivity index (χ1) is 26.8. The van der Waals surface area contributed by atoms with Crippen molar-refractivity contribution < 1.29 is 4.42 Å². The highest BCUT2D eigenvalue weighted by Crippen LogP contribution is 2.47. The first-order valence-corrected chi connectivity index (χ1v) is 18.4. The van der Waals surface area contributed by atoms with Gasteiger partial charge in [0.2, 0.25) is 0 Å². The van der Waals surface area contributed by atoms with Crippen LogP contribution in [0.25, 0.3) is 77.2 Å². The third kappa shape index (κ3) is 5.71. The summed E-state index contributed by atoms with van der Waals surface area (Å²) in [7, 11) is 0. The molecule has 0 bridgehead atoms. The van der Waals surface area contributed by atoms with Crippen LogP contribution in [0.4, 0.5) is 17.1 Å². The zero-order chi connectivity index (χ0) is 35.8. The number of nitrogens with zero attached hydrogens (tertiary/aromatic N) is 1. The minimum absolute atomic E-state index is 0.871. The third-order valence-electron chi connectivity index (χ3n) is 10.4. The van der Waals surface area contributed by atoms with Crippen molar-refractivity contribution in [3.63, 3.8) is 0 Å². The van der Waals surface area contributed by atoms with E-state index in [-0.39, 0.29) is 0 Å². The molecule has 2 heteroatoms. The smallest absolute Gasteiger partial charge is 0.145 e. The van der Waals surface area contributed by atoms with Crippen LogP contribution in [0.1, 0.15) is 0 Å². The Morgan fingerprint density at radius 2 is 0.907 bits per heavy atom. The van der Waals surface area contributed by atoms with E-state index >= 15 is 0 Å². The Morgan fingerprint density at radius 3 is 1.69 bits per heavy atom. The van der Waals surface area contributed by atoms with Gasteiger partial charge in [-0.2, -0.15) is 0 Å². The molecule has 0 saturated heterocycles. The first-order valence-electron chi connectivity index (χ1n) is 18.4. The van der Waals surface area contributed by atoms with Crippen LogP contribution in [-0.2, 0) is 0 Å². The summed E-state index contributed by atoms with van der Waals surface area (Å²) in [6, 6.07) is 75.8. The number of para-hydroxylation sites is 1. The SMILES string of the molecule is c1ccc(-c2cccc(-c3ccc(N(c4cccc(-c5ccc6ccccc6c5)c4)c4ccc(-c5ccccc5)c5oc6ccccc6c45)cc3)c2)cc1. The highest BCUT2D eigenvalue weighted by Gasteiger charge is 2.22. The predicted molar refractivity (Wildman–Crippen MR) is 228 cm³/mol. The number of anilines is 3. The van der Waals surface area contributed by atoms with Gasteiger partial charge in [0.1, 0.15) is 11.2 Å². The molecular formula is C52H35NO. The second-order valence-corrected chi connectivity index (χ2v) is 13.7. The maximum absolute atomic E-state index is 6.73. The largest absolute Gasteiger partial charge is 0.455 e. The van der Waals surface area contributed by atoms with Gasteiger partial charge < -0.3 is 9.32 Å². The van der Waals surface area contributed by atoms with Gasteiger partial charge in [0, 0.05) is 22.3 Å². The molecule has 10 rings (SSSR count). The molecular weight excluding hydrogens is 655 g/mol. The van der Waals surface area contributed by atoms with Crippen LogP contribution in [0.3, 0.4) is 0 Å². The number of hydrogen-bond donors (Lipinski definition) is 0. The maximum atomic E-state index is 6.73. The normalized spacial score (nSPS) is 11.3. The fourth-order valence-electron chi connectivity index (χ4n) is 7.77. The number of hydrogen-bond acceptors (Lipinski definition) is 2. The monoisotopic (exact) mass is 689 g/mol. The van der Waals surface area contributed by atoms with Gasteiger partial charge in [0.15, 0.2) is 0 Å². The second kappa shape index (κ2) is 13.4. The van der Waals surface area contributed by atoms with Crippen molar-refractivity contribution in [2.45, 2.75) is 0 Å². The highest BCUT2D eigenvalue weighted by atomic mass is 16.3. The average Bonchev–Trinajstić information content (AvgIpc) is 3.65. The van der Waals surface area contributed by atoms with Crippen molar-refractivity contribution in [3.8, 4) is 44.5 Å². The number of benzene rings is 9.